The minimum Gasteiger partial charge on any atom is -0.349 e. The van der Waals surface area contributed by atoms with Crippen LogP contribution in [-0.4, -0.2) is 50.1 Å². The number of carbonyl (C=O) groups excluding carboxylic acids is 1. The molecule has 0 saturated carbocycles. The first-order valence-corrected chi connectivity index (χ1v) is 10.8. The Morgan fingerprint density at radius 3 is 2.50 bits per heavy atom. The number of rotatable bonds is 5. The molecule has 0 bridgehead atoms. The van der Waals surface area contributed by atoms with Crippen molar-refractivity contribution in [1.82, 2.24) is 13.9 Å². The molecular weight excluding hydrogens is 350 g/mol. The van der Waals surface area contributed by atoms with E-state index in [1.807, 2.05) is 6.92 Å². The van der Waals surface area contributed by atoms with Crippen molar-refractivity contribution < 1.29 is 13.2 Å². The second kappa shape index (κ2) is 7.66. The van der Waals surface area contributed by atoms with Gasteiger partial charge in [0.1, 0.15) is 0 Å². The molecule has 1 aliphatic carbocycles. The van der Waals surface area contributed by atoms with Gasteiger partial charge in [0, 0.05) is 33.1 Å². The molecule has 1 fully saturated rings. The van der Waals surface area contributed by atoms with Crippen molar-refractivity contribution in [2.24, 2.45) is 5.92 Å². The Kier molecular flexibility index (Phi) is 5.69. The molecule has 7 heteroatoms. The second-order valence-electron chi connectivity index (χ2n) is 7.58. The van der Waals surface area contributed by atoms with E-state index in [0.717, 1.165) is 18.4 Å². The van der Waals surface area contributed by atoms with Crippen LogP contribution in [0.15, 0.2) is 18.2 Å². The molecule has 1 aromatic carbocycles. The van der Waals surface area contributed by atoms with Gasteiger partial charge in [0.25, 0.3) is 10.2 Å². The van der Waals surface area contributed by atoms with E-state index in [1.165, 1.54) is 40.3 Å². The Morgan fingerprint density at radius 2 is 1.85 bits per heavy atom. The van der Waals surface area contributed by atoms with Crippen molar-refractivity contribution >= 4 is 16.1 Å². The van der Waals surface area contributed by atoms with Crippen molar-refractivity contribution in [3.8, 4) is 0 Å². The van der Waals surface area contributed by atoms with Crippen LogP contribution in [0.4, 0.5) is 0 Å². The average molecular weight is 380 g/mol. The van der Waals surface area contributed by atoms with Crippen LogP contribution in [0.5, 0.6) is 0 Å². The van der Waals surface area contributed by atoms with Gasteiger partial charge in [-0.2, -0.15) is 17.0 Å². The van der Waals surface area contributed by atoms with Gasteiger partial charge >= 0.3 is 0 Å². The summed E-state index contributed by atoms with van der Waals surface area (Å²) < 4.78 is 27.0. The standard InChI is InChI=1S/C19H29N3O3S/c1-14(17-8-7-15-5-4-6-18(15)13-17)20-19(23)16-9-11-22(12-10-16)26(24,25)21(2)3/h7-8,13-14,16H,4-6,9-12H2,1-3H3,(H,20,23)/t14-/m1/s1. The molecule has 0 spiro atoms. The Morgan fingerprint density at radius 1 is 1.19 bits per heavy atom. The van der Waals surface area contributed by atoms with Gasteiger partial charge in [0.2, 0.25) is 5.91 Å². The number of nitrogens with zero attached hydrogens (tertiary/aromatic N) is 2. The molecule has 26 heavy (non-hydrogen) atoms. The topological polar surface area (TPSA) is 69.7 Å². The van der Waals surface area contributed by atoms with Crippen LogP contribution in [0.25, 0.3) is 0 Å². The molecule has 1 aromatic rings. The fraction of sp³-hybridized carbons (Fsp3) is 0.632. The van der Waals surface area contributed by atoms with Gasteiger partial charge in [0.05, 0.1) is 6.04 Å². The van der Waals surface area contributed by atoms with E-state index in [9.17, 15) is 13.2 Å². The van der Waals surface area contributed by atoms with Crippen LogP contribution >= 0.6 is 0 Å². The number of aryl methyl sites for hydroxylation is 2. The summed E-state index contributed by atoms with van der Waals surface area (Å²) in [5.41, 5.74) is 3.99. The lowest BCUT2D eigenvalue weighted by atomic mass is 9.96. The first-order valence-electron chi connectivity index (χ1n) is 9.38. The number of benzene rings is 1. The molecule has 1 heterocycles. The molecule has 1 saturated heterocycles. The lowest BCUT2D eigenvalue weighted by Gasteiger charge is -2.32. The zero-order valence-corrected chi connectivity index (χ0v) is 16.7. The average Bonchev–Trinajstić information content (AvgIpc) is 3.09. The summed E-state index contributed by atoms with van der Waals surface area (Å²) in [6, 6.07) is 6.49. The fourth-order valence-electron chi connectivity index (χ4n) is 3.86. The van der Waals surface area contributed by atoms with Crippen LogP contribution in [0, 0.1) is 5.92 Å². The highest BCUT2D eigenvalue weighted by atomic mass is 32.2. The smallest absolute Gasteiger partial charge is 0.281 e. The molecule has 3 rings (SSSR count). The van der Waals surface area contributed by atoms with Crippen LogP contribution < -0.4 is 5.32 Å². The van der Waals surface area contributed by atoms with Crippen molar-refractivity contribution in [2.75, 3.05) is 27.2 Å². The number of nitrogens with one attached hydrogen (secondary N) is 1. The maximum absolute atomic E-state index is 12.6. The number of fused-ring (bicyclic) bond motifs is 1. The molecule has 2 aliphatic rings. The first kappa shape index (κ1) is 19.3. The van der Waals surface area contributed by atoms with Gasteiger partial charge < -0.3 is 5.32 Å². The predicted octanol–water partition coefficient (Wildman–Crippen LogP) is 1.87. The molecule has 1 amide bonds. The van der Waals surface area contributed by atoms with Gasteiger partial charge in [-0.15, -0.1) is 0 Å². The van der Waals surface area contributed by atoms with Gasteiger partial charge in [0.15, 0.2) is 0 Å². The monoisotopic (exact) mass is 379 g/mol. The zero-order valence-electron chi connectivity index (χ0n) is 15.9. The zero-order chi connectivity index (χ0) is 18.9. The van der Waals surface area contributed by atoms with E-state index in [2.05, 4.69) is 23.5 Å². The van der Waals surface area contributed by atoms with Crippen LogP contribution in [0.3, 0.4) is 0 Å². The van der Waals surface area contributed by atoms with Gasteiger partial charge in [-0.25, -0.2) is 0 Å². The lowest BCUT2D eigenvalue weighted by Crippen LogP contribution is -2.47. The molecule has 0 radical (unpaired) electrons. The first-order chi connectivity index (χ1) is 12.3. The summed E-state index contributed by atoms with van der Waals surface area (Å²) in [6.45, 7) is 2.80. The quantitative estimate of drug-likeness (QED) is 0.849. The Balaban J connectivity index is 1.56. The minimum absolute atomic E-state index is 0.0277. The van der Waals surface area contributed by atoms with E-state index in [4.69, 9.17) is 0 Å². The third-order valence-corrected chi connectivity index (χ3v) is 7.53. The summed E-state index contributed by atoms with van der Waals surface area (Å²) in [4.78, 5) is 12.6. The highest BCUT2D eigenvalue weighted by molar-refractivity contribution is 7.86. The number of amides is 1. The minimum atomic E-state index is -3.39. The lowest BCUT2D eigenvalue weighted by molar-refractivity contribution is -0.126. The number of hydrogen-bond acceptors (Lipinski definition) is 3. The Bertz CT molecular complexity index is 768. The van der Waals surface area contributed by atoms with Crippen molar-refractivity contribution in [1.29, 1.82) is 0 Å². The molecule has 1 N–H and O–H groups in total. The van der Waals surface area contributed by atoms with Crippen molar-refractivity contribution in [3.63, 3.8) is 0 Å². The normalized spacial score (nSPS) is 20.2. The molecule has 0 aromatic heterocycles. The third kappa shape index (κ3) is 3.94. The van der Waals surface area contributed by atoms with Gasteiger partial charge in [-0.3, -0.25) is 4.79 Å². The van der Waals surface area contributed by atoms with E-state index in [1.54, 1.807) is 0 Å². The van der Waals surface area contributed by atoms with Crippen LogP contribution in [0.1, 0.15) is 48.9 Å². The molecule has 1 atom stereocenters. The summed E-state index contributed by atoms with van der Waals surface area (Å²) in [7, 11) is -0.318. The largest absolute Gasteiger partial charge is 0.349 e. The van der Waals surface area contributed by atoms with E-state index >= 15 is 0 Å². The fourth-order valence-corrected chi connectivity index (χ4v) is 4.99. The SMILES string of the molecule is C[C@@H](NC(=O)C1CCN(S(=O)(=O)N(C)C)CC1)c1ccc2c(c1)CCC2. The summed E-state index contributed by atoms with van der Waals surface area (Å²) in [5, 5.41) is 3.12. The maximum Gasteiger partial charge on any atom is 0.281 e. The number of carbonyl (C=O) groups is 1. The highest BCUT2D eigenvalue weighted by Gasteiger charge is 2.32. The molecular formula is C19H29N3O3S. The summed E-state index contributed by atoms with van der Waals surface area (Å²) >= 11 is 0. The number of hydrogen-bond donors (Lipinski definition) is 1. The molecule has 0 unspecified atom stereocenters. The summed E-state index contributed by atoms with van der Waals surface area (Å²) in [6.07, 6.45) is 4.63. The Labute approximate surface area is 156 Å². The third-order valence-electron chi connectivity index (χ3n) is 5.59. The van der Waals surface area contributed by atoms with E-state index in [-0.39, 0.29) is 17.9 Å². The van der Waals surface area contributed by atoms with Gasteiger partial charge in [-0.1, -0.05) is 18.2 Å². The second-order valence-corrected chi connectivity index (χ2v) is 9.72. The van der Waals surface area contributed by atoms with Crippen molar-refractivity contribution in [2.45, 2.75) is 45.1 Å². The van der Waals surface area contributed by atoms with E-state index < -0.39 is 10.2 Å². The van der Waals surface area contributed by atoms with Gasteiger partial charge in [-0.05, 0) is 55.7 Å². The van der Waals surface area contributed by atoms with Crippen LogP contribution in [-0.2, 0) is 27.8 Å². The molecule has 144 valence electrons. The van der Waals surface area contributed by atoms with Crippen molar-refractivity contribution in [3.05, 3.63) is 34.9 Å². The summed E-state index contributed by atoms with van der Waals surface area (Å²) in [5.74, 6) is -0.0969. The highest BCUT2D eigenvalue weighted by Crippen LogP contribution is 2.26. The maximum atomic E-state index is 12.6. The Hall–Kier alpha value is -1.44. The number of piperidine rings is 1. The molecule has 1 aliphatic heterocycles. The van der Waals surface area contributed by atoms with Crippen LogP contribution in [0.2, 0.25) is 0 Å². The van der Waals surface area contributed by atoms with E-state index in [0.29, 0.717) is 25.9 Å². The predicted molar refractivity (Wildman–Crippen MR) is 102 cm³/mol. The molecule has 6 nitrogen and oxygen atoms in total.